The summed E-state index contributed by atoms with van der Waals surface area (Å²) in [5.41, 5.74) is 3.20. The van der Waals surface area contributed by atoms with E-state index in [-0.39, 0.29) is 0 Å². The van der Waals surface area contributed by atoms with Gasteiger partial charge in [-0.2, -0.15) is 5.10 Å². The zero-order chi connectivity index (χ0) is 12.5. The molecule has 94 valence electrons. The lowest BCUT2D eigenvalue weighted by Crippen LogP contribution is -2.15. The average molecular weight is 262 g/mol. The summed E-state index contributed by atoms with van der Waals surface area (Å²) >= 11 is 6.03. The molecule has 1 heterocycles. The van der Waals surface area contributed by atoms with Crippen molar-refractivity contribution < 1.29 is 0 Å². The van der Waals surface area contributed by atoms with Crippen LogP contribution in [0.2, 0.25) is 5.02 Å². The molecule has 18 heavy (non-hydrogen) atoms. The predicted octanol–water partition coefficient (Wildman–Crippen LogP) is 3.09. The fraction of sp³-hybridized carbons (Fsp3) is 0.357. The summed E-state index contributed by atoms with van der Waals surface area (Å²) in [4.78, 5) is 0. The van der Waals surface area contributed by atoms with Gasteiger partial charge in [0.25, 0.3) is 0 Å². The molecule has 4 heteroatoms. The average Bonchev–Trinajstić information content (AvgIpc) is 3.14. The largest absolute Gasteiger partial charge is 0.310 e. The zero-order valence-electron chi connectivity index (χ0n) is 10.4. The first kappa shape index (κ1) is 11.8. The van der Waals surface area contributed by atoms with Crippen LogP contribution in [0.3, 0.4) is 0 Å². The summed E-state index contributed by atoms with van der Waals surface area (Å²) in [5, 5.41) is 8.61. The molecule has 0 bridgehead atoms. The number of nitrogens with one attached hydrogen (secondary N) is 1. The van der Waals surface area contributed by atoms with Crippen LogP contribution in [0.1, 0.15) is 24.1 Å². The molecule has 2 aromatic rings. The van der Waals surface area contributed by atoms with Gasteiger partial charge in [-0.1, -0.05) is 23.7 Å². The number of benzene rings is 1. The molecule has 1 N–H and O–H groups in total. The van der Waals surface area contributed by atoms with Crippen LogP contribution in [0.5, 0.6) is 0 Å². The maximum Gasteiger partial charge on any atom is 0.0819 e. The smallest absolute Gasteiger partial charge is 0.0819 e. The van der Waals surface area contributed by atoms with E-state index >= 15 is 0 Å². The molecule has 0 unspecified atom stereocenters. The Hall–Kier alpha value is -1.32. The molecule has 1 aliphatic carbocycles. The van der Waals surface area contributed by atoms with Crippen LogP contribution in [-0.2, 0) is 6.54 Å². The zero-order valence-corrected chi connectivity index (χ0v) is 11.1. The fourth-order valence-corrected chi connectivity index (χ4v) is 2.06. The molecule has 0 aliphatic heterocycles. The maximum atomic E-state index is 6.03. The normalized spacial score (nSPS) is 15.0. The summed E-state index contributed by atoms with van der Waals surface area (Å²) in [7, 11) is 0. The SMILES string of the molecule is Cc1nn(-c2cccc(CNC3CC3)c2)cc1Cl. The number of aromatic nitrogens is 2. The van der Waals surface area contributed by atoms with Crippen molar-refractivity contribution in [1.29, 1.82) is 0 Å². The fourth-order valence-electron chi connectivity index (χ4n) is 1.93. The first-order valence-electron chi connectivity index (χ1n) is 6.27. The van der Waals surface area contributed by atoms with E-state index < -0.39 is 0 Å². The molecule has 0 atom stereocenters. The van der Waals surface area contributed by atoms with Crippen LogP contribution < -0.4 is 5.32 Å². The van der Waals surface area contributed by atoms with Crippen molar-refractivity contribution in [2.75, 3.05) is 0 Å². The van der Waals surface area contributed by atoms with Gasteiger partial charge in [0.2, 0.25) is 0 Å². The van der Waals surface area contributed by atoms with E-state index in [1.807, 2.05) is 23.9 Å². The van der Waals surface area contributed by atoms with Crippen molar-refractivity contribution in [1.82, 2.24) is 15.1 Å². The summed E-state index contributed by atoms with van der Waals surface area (Å²) in [5.74, 6) is 0. The first-order chi connectivity index (χ1) is 8.72. The van der Waals surface area contributed by atoms with Gasteiger partial charge in [-0.05, 0) is 37.5 Å². The number of hydrogen-bond acceptors (Lipinski definition) is 2. The minimum absolute atomic E-state index is 0.705. The van der Waals surface area contributed by atoms with Crippen LogP contribution >= 0.6 is 11.6 Å². The molecular weight excluding hydrogens is 246 g/mol. The maximum absolute atomic E-state index is 6.03. The van der Waals surface area contributed by atoms with Gasteiger partial charge < -0.3 is 5.32 Å². The van der Waals surface area contributed by atoms with E-state index in [4.69, 9.17) is 11.6 Å². The molecule has 0 amide bonds. The second-order valence-electron chi connectivity index (χ2n) is 4.83. The summed E-state index contributed by atoms with van der Waals surface area (Å²) < 4.78 is 1.83. The summed E-state index contributed by atoms with van der Waals surface area (Å²) in [6.45, 7) is 2.84. The summed E-state index contributed by atoms with van der Waals surface area (Å²) in [6.07, 6.45) is 4.48. The second-order valence-corrected chi connectivity index (χ2v) is 5.24. The summed E-state index contributed by atoms with van der Waals surface area (Å²) in [6, 6.07) is 9.12. The Morgan fingerprint density at radius 1 is 1.44 bits per heavy atom. The Bertz CT molecular complexity index is 538. The second kappa shape index (κ2) is 4.75. The van der Waals surface area contributed by atoms with Crippen molar-refractivity contribution in [3.63, 3.8) is 0 Å². The van der Waals surface area contributed by atoms with Gasteiger partial charge in [0, 0.05) is 18.8 Å². The molecule has 3 rings (SSSR count). The van der Waals surface area contributed by atoms with Crippen LogP contribution in [0.4, 0.5) is 0 Å². The van der Waals surface area contributed by atoms with Crippen LogP contribution in [-0.4, -0.2) is 15.8 Å². The molecule has 1 fully saturated rings. The molecule has 1 aromatic carbocycles. The van der Waals surface area contributed by atoms with E-state index in [1.54, 1.807) is 0 Å². The third-order valence-electron chi connectivity index (χ3n) is 3.19. The van der Waals surface area contributed by atoms with Crippen molar-refractivity contribution in [2.45, 2.75) is 32.4 Å². The van der Waals surface area contributed by atoms with Crippen molar-refractivity contribution in [2.24, 2.45) is 0 Å². The third-order valence-corrected chi connectivity index (χ3v) is 3.56. The van der Waals surface area contributed by atoms with Gasteiger partial charge in [0.15, 0.2) is 0 Å². The molecule has 3 nitrogen and oxygen atoms in total. The molecule has 1 saturated carbocycles. The van der Waals surface area contributed by atoms with Gasteiger partial charge in [-0.15, -0.1) is 0 Å². The molecule has 1 aliphatic rings. The lowest BCUT2D eigenvalue weighted by Gasteiger charge is -2.06. The Balaban J connectivity index is 1.80. The highest BCUT2D eigenvalue weighted by atomic mass is 35.5. The quantitative estimate of drug-likeness (QED) is 0.917. The van der Waals surface area contributed by atoms with Crippen molar-refractivity contribution in [3.8, 4) is 5.69 Å². The predicted molar refractivity (Wildman–Crippen MR) is 73.2 cm³/mol. The Labute approximate surface area is 112 Å². The molecule has 0 spiro atoms. The Morgan fingerprint density at radius 2 is 2.28 bits per heavy atom. The minimum atomic E-state index is 0.705. The first-order valence-corrected chi connectivity index (χ1v) is 6.64. The number of hydrogen-bond donors (Lipinski definition) is 1. The van der Waals surface area contributed by atoms with Gasteiger partial charge in [0.1, 0.15) is 0 Å². The van der Waals surface area contributed by atoms with E-state index in [0.29, 0.717) is 5.02 Å². The Morgan fingerprint density at radius 3 is 2.94 bits per heavy atom. The number of halogens is 1. The number of rotatable bonds is 4. The molecule has 0 radical (unpaired) electrons. The molecule has 1 aromatic heterocycles. The lowest BCUT2D eigenvalue weighted by molar-refractivity contribution is 0.687. The monoisotopic (exact) mass is 261 g/mol. The van der Waals surface area contributed by atoms with E-state index in [1.165, 1.54) is 18.4 Å². The van der Waals surface area contributed by atoms with Gasteiger partial charge in [-0.25, -0.2) is 4.68 Å². The van der Waals surface area contributed by atoms with Crippen LogP contribution in [0.15, 0.2) is 30.5 Å². The van der Waals surface area contributed by atoms with Gasteiger partial charge in [0.05, 0.1) is 16.4 Å². The van der Waals surface area contributed by atoms with Gasteiger partial charge >= 0.3 is 0 Å². The highest BCUT2D eigenvalue weighted by molar-refractivity contribution is 6.31. The van der Waals surface area contributed by atoms with Crippen molar-refractivity contribution >= 4 is 11.6 Å². The molecular formula is C14H16ClN3. The number of nitrogens with zero attached hydrogens (tertiary/aromatic N) is 2. The van der Waals surface area contributed by atoms with Crippen molar-refractivity contribution in [3.05, 3.63) is 46.7 Å². The standard InChI is InChI=1S/C14H16ClN3/c1-10-14(15)9-18(17-10)13-4-2-3-11(7-13)8-16-12-5-6-12/h2-4,7,9,12,16H,5-6,8H2,1H3. The topological polar surface area (TPSA) is 29.9 Å². The van der Waals surface area contributed by atoms with Crippen LogP contribution in [0.25, 0.3) is 5.69 Å². The van der Waals surface area contributed by atoms with E-state index in [0.717, 1.165) is 24.0 Å². The molecule has 0 saturated heterocycles. The Kier molecular flexibility index (Phi) is 3.10. The third kappa shape index (κ3) is 2.57. The van der Waals surface area contributed by atoms with Crippen LogP contribution in [0, 0.1) is 6.92 Å². The van der Waals surface area contributed by atoms with Gasteiger partial charge in [-0.3, -0.25) is 0 Å². The lowest BCUT2D eigenvalue weighted by atomic mass is 10.2. The van der Waals surface area contributed by atoms with E-state index in [2.05, 4.69) is 28.6 Å². The minimum Gasteiger partial charge on any atom is -0.310 e. The highest BCUT2D eigenvalue weighted by Gasteiger charge is 2.19. The highest BCUT2D eigenvalue weighted by Crippen LogP contribution is 2.20. The number of aryl methyl sites for hydroxylation is 1. The van der Waals surface area contributed by atoms with E-state index in [9.17, 15) is 0 Å².